The van der Waals surface area contributed by atoms with E-state index in [4.69, 9.17) is 0 Å². The summed E-state index contributed by atoms with van der Waals surface area (Å²) in [5.41, 5.74) is 1.67. The molecule has 3 atom stereocenters. The van der Waals surface area contributed by atoms with Gasteiger partial charge < -0.3 is 15.1 Å². The molecule has 3 unspecified atom stereocenters. The molecule has 1 aromatic rings. The van der Waals surface area contributed by atoms with Crippen LogP contribution < -0.4 is 4.90 Å². The van der Waals surface area contributed by atoms with Gasteiger partial charge in [-0.15, -0.1) is 0 Å². The molecule has 1 heterocycles. The van der Waals surface area contributed by atoms with Crippen molar-refractivity contribution >= 4 is 21.6 Å². The van der Waals surface area contributed by atoms with E-state index in [0.717, 1.165) is 42.4 Å². The minimum atomic E-state index is -0.444. The van der Waals surface area contributed by atoms with E-state index < -0.39 is 11.7 Å². The number of anilines is 1. The van der Waals surface area contributed by atoms with Gasteiger partial charge in [0.25, 0.3) is 0 Å². The number of piperidine rings is 1. The molecule has 1 aromatic carbocycles. The van der Waals surface area contributed by atoms with Crippen LogP contribution in [0.5, 0.6) is 0 Å². The summed E-state index contributed by atoms with van der Waals surface area (Å²) in [6.45, 7) is 3.62. The van der Waals surface area contributed by atoms with Crippen molar-refractivity contribution in [2.45, 2.75) is 50.7 Å². The molecule has 0 bridgehead atoms. The first-order valence-corrected chi connectivity index (χ1v) is 8.74. The molecule has 4 heteroatoms. The highest BCUT2D eigenvalue weighted by Gasteiger charge is 2.42. The van der Waals surface area contributed by atoms with Gasteiger partial charge in [0.05, 0.1) is 17.4 Å². The molecule has 0 amide bonds. The predicted octanol–water partition coefficient (Wildman–Crippen LogP) is 3.63. The van der Waals surface area contributed by atoms with Gasteiger partial charge in [-0.2, -0.15) is 0 Å². The van der Waals surface area contributed by atoms with Crippen molar-refractivity contribution in [3.8, 4) is 0 Å². The zero-order valence-corrected chi connectivity index (χ0v) is 14.1. The Balaban J connectivity index is 1.79. The number of fused-ring (bicyclic) bond motifs is 1. The maximum absolute atomic E-state index is 10.8. The van der Waals surface area contributed by atoms with Crippen molar-refractivity contribution in [3.63, 3.8) is 0 Å². The molecule has 0 aromatic heterocycles. The summed E-state index contributed by atoms with van der Waals surface area (Å²) in [5.74, 6) is 0.392. The van der Waals surface area contributed by atoms with E-state index in [1.165, 1.54) is 18.5 Å². The zero-order valence-electron chi connectivity index (χ0n) is 12.6. The Kier molecular flexibility index (Phi) is 4.30. The molecule has 2 fully saturated rings. The standard InChI is InChI=1S/C17H24BrNO2/c1-12(20)13-5-6-16(15(18)10-13)19-9-8-17(21)7-3-2-4-14(17)11-19/h5-6,10,12,14,20-21H,2-4,7-9,11H2,1H3. The Morgan fingerprint density at radius 3 is 2.86 bits per heavy atom. The molecule has 0 radical (unpaired) electrons. The first kappa shape index (κ1) is 15.3. The smallest absolute Gasteiger partial charge is 0.0762 e. The topological polar surface area (TPSA) is 43.7 Å². The van der Waals surface area contributed by atoms with Crippen LogP contribution in [0.25, 0.3) is 0 Å². The molecule has 0 spiro atoms. The maximum atomic E-state index is 10.8. The first-order valence-electron chi connectivity index (χ1n) is 7.94. The SMILES string of the molecule is CC(O)c1ccc(N2CCC3(O)CCCCC3C2)c(Br)c1. The highest BCUT2D eigenvalue weighted by atomic mass is 79.9. The molecule has 1 aliphatic heterocycles. The second kappa shape index (κ2) is 5.90. The summed E-state index contributed by atoms with van der Waals surface area (Å²) in [6, 6.07) is 6.08. The van der Waals surface area contributed by atoms with Gasteiger partial charge in [-0.25, -0.2) is 0 Å². The maximum Gasteiger partial charge on any atom is 0.0762 e. The molecule has 116 valence electrons. The van der Waals surface area contributed by atoms with E-state index in [2.05, 4.69) is 26.9 Å². The molecule has 1 saturated heterocycles. The lowest BCUT2D eigenvalue weighted by Gasteiger charge is -2.48. The van der Waals surface area contributed by atoms with Crippen LogP contribution in [-0.2, 0) is 0 Å². The number of benzene rings is 1. The van der Waals surface area contributed by atoms with Crippen LogP contribution >= 0.6 is 15.9 Å². The lowest BCUT2D eigenvalue weighted by molar-refractivity contribution is -0.0612. The largest absolute Gasteiger partial charge is 0.389 e. The number of aliphatic hydroxyl groups is 2. The lowest BCUT2D eigenvalue weighted by Crippen LogP contribution is -2.53. The number of hydrogen-bond donors (Lipinski definition) is 2. The Labute approximate surface area is 135 Å². The summed E-state index contributed by atoms with van der Waals surface area (Å²) < 4.78 is 1.03. The monoisotopic (exact) mass is 353 g/mol. The van der Waals surface area contributed by atoms with Crippen molar-refractivity contribution in [1.82, 2.24) is 0 Å². The number of halogens is 1. The quantitative estimate of drug-likeness (QED) is 0.852. The van der Waals surface area contributed by atoms with Crippen molar-refractivity contribution < 1.29 is 10.2 Å². The third-order valence-electron chi connectivity index (χ3n) is 5.22. The molecule has 21 heavy (non-hydrogen) atoms. The van der Waals surface area contributed by atoms with Gasteiger partial charge in [-0.3, -0.25) is 0 Å². The molecular weight excluding hydrogens is 330 g/mol. The van der Waals surface area contributed by atoms with Gasteiger partial charge in [0, 0.05) is 23.5 Å². The van der Waals surface area contributed by atoms with E-state index in [9.17, 15) is 10.2 Å². The molecular formula is C17H24BrNO2. The van der Waals surface area contributed by atoms with Crippen molar-refractivity contribution in [1.29, 1.82) is 0 Å². The molecule has 2 aliphatic rings. The molecule has 2 N–H and O–H groups in total. The minimum Gasteiger partial charge on any atom is -0.389 e. The van der Waals surface area contributed by atoms with Crippen molar-refractivity contribution in [2.24, 2.45) is 5.92 Å². The van der Waals surface area contributed by atoms with Gasteiger partial charge in [0.15, 0.2) is 0 Å². The van der Waals surface area contributed by atoms with Crippen LogP contribution in [0.3, 0.4) is 0 Å². The summed E-state index contributed by atoms with van der Waals surface area (Å²) in [7, 11) is 0. The van der Waals surface area contributed by atoms with Gasteiger partial charge in [0.2, 0.25) is 0 Å². The third kappa shape index (κ3) is 2.99. The number of hydrogen-bond acceptors (Lipinski definition) is 3. The lowest BCUT2D eigenvalue weighted by atomic mass is 9.71. The minimum absolute atomic E-state index is 0.392. The third-order valence-corrected chi connectivity index (χ3v) is 5.86. The summed E-state index contributed by atoms with van der Waals surface area (Å²) in [6.07, 6.45) is 4.93. The van der Waals surface area contributed by atoms with E-state index in [0.29, 0.717) is 5.92 Å². The number of aliphatic hydroxyl groups excluding tert-OH is 1. The second-order valence-corrected chi connectivity index (χ2v) is 7.48. The van der Waals surface area contributed by atoms with Crippen LogP contribution in [-0.4, -0.2) is 28.9 Å². The van der Waals surface area contributed by atoms with Gasteiger partial charge in [0.1, 0.15) is 0 Å². The van der Waals surface area contributed by atoms with Crippen LogP contribution in [0.1, 0.15) is 50.7 Å². The average Bonchev–Trinajstić information content (AvgIpc) is 2.46. The van der Waals surface area contributed by atoms with Crippen LogP contribution in [0.15, 0.2) is 22.7 Å². The van der Waals surface area contributed by atoms with E-state index in [1.54, 1.807) is 6.92 Å². The predicted molar refractivity (Wildman–Crippen MR) is 88.5 cm³/mol. The van der Waals surface area contributed by atoms with Gasteiger partial charge in [-0.05, 0) is 59.8 Å². The van der Waals surface area contributed by atoms with Crippen LogP contribution in [0.4, 0.5) is 5.69 Å². The van der Waals surface area contributed by atoms with E-state index >= 15 is 0 Å². The summed E-state index contributed by atoms with van der Waals surface area (Å²) in [4.78, 5) is 2.38. The van der Waals surface area contributed by atoms with Crippen LogP contribution in [0.2, 0.25) is 0 Å². The second-order valence-electron chi connectivity index (χ2n) is 6.63. The van der Waals surface area contributed by atoms with Crippen LogP contribution in [0, 0.1) is 5.92 Å². The van der Waals surface area contributed by atoms with Gasteiger partial charge in [-0.1, -0.05) is 18.9 Å². The highest BCUT2D eigenvalue weighted by molar-refractivity contribution is 9.10. The summed E-state index contributed by atoms with van der Waals surface area (Å²) >= 11 is 3.64. The van der Waals surface area contributed by atoms with Crippen molar-refractivity contribution in [2.75, 3.05) is 18.0 Å². The molecule has 3 rings (SSSR count). The number of rotatable bonds is 2. The van der Waals surface area contributed by atoms with E-state index in [-0.39, 0.29) is 0 Å². The fourth-order valence-electron chi connectivity index (χ4n) is 3.83. The average molecular weight is 354 g/mol. The molecule has 1 aliphatic carbocycles. The Bertz CT molecular complexity index is 520. The molecule has 1 saturated carbocycles. The van der Waals surface area contributed by atoms with Crippen molar-refractivity contribution in [3.05, 3.63) is 28.2 Å². The fourth-order valence-corrected chi connectivity index (χ4v) is 4.48. The molecule has 3 nitrogen and oxygen atoms in total. The fraction of sp³-hybridized carbons (Fsp3) is 0.647. The van der Waals surface area contributed by atoms with Gasteiger partial charge >= 0.3 is 0 Å². The normalized spacial score (nSPS) is 30.9. The van der Waals surface area contributed by atoms with E-state index in [1.807, 2.05) is 12.1 Å². The highest BCUT2D eigenvalue weighted by Crippen LogP contribution is 2.42. The Hall–Kier alpha value is -0.580. The Morgan fingerprint density at radius 2 is 2.14 bits per heavy atom. The zero-order chi connectivity index (χ0) is 15.0. The summed E-state index contributed by atoms with van der Waals surface area (Å²) in [5, 5.41) is 20.4. The first-order chi connectivity index (χ1) is 9.99. The number of nitrogens with zero attached hydrogens (tertiary/aromatic N) is 1. The Morgan fingerprint density at radius 1 is 1.33 bits per heavy atom.